The number of nitrogens with zero attached hydrogens (tertiary/aromatic N) is 4. The Balaban J connectivity index is 1.09. The molecule has 6 rings (SSSR count). The van der Waals surface area contributed by atoms with Crippen molar-refractivity contribution < 1.29 is 22.8 Å². The number of aromatic nitrogens is 2. The summed E-state index contributed by atoms with van der Waals surface area (Å²) < 4.78 is 41.5. The quantitative estimate of drug-likeness (QED) is 0.391. The van der Waals surface area contributed by atoms with E-state index in [1.54, 1.807) is 46.9 Å². The molecule has 39 heavy (non-hydrogen) atoms. The number of halogens is 3. The van der Waals surface area contributed by atoms with Crippen LogP contribution >= 0.6 is 11.3 Å². The monoisotopic (exact) mass is 553 g/mol. The van der Waals surface area contributed by atoms with Gasteiger partial charge < -0.3 is 19.7 Å². The summed E-state index contributed by atoms with van der Waals surface area (Å²) in [7, 11) is 1.82. The number of amides is 2. The number of benzene rings is 2. The maximum absolute atomic E-state index is 13.2. The maximum atomic E-state index is 13.2. The number of hydrogen-bond donors (Lipinski definition) is 1. The third-order valence-corrected chi connectivity index (χ3v) is 8.23. The Morgan fingerprint density at radius 1 is 1.03 bits per heavy atom. The normalized spacial score (nSPS) is 18.1. The maximum Gasteiger partial charge on any atom is 0.416 e. The summed E-state index contributed by atoms with van der Waals surface area (Å²) in [5.74, 6) is -0.115. The highest BCUT2D eigenvalue weighted by molar-refractivity contribution is 7.11. The number of carbonyl (C=O) groups excluding carboxylic acids is 2. The first-order chi connectivity index (χ1) is 18.7. The number of thiazole rings is 1. The predicted octanol–water partition coefficient (Wildman–Crippen LogP) is 4.65. The lowest BCUT2D eigenvalue weighted by Gasteiger charge is -2.41. The van der Waals surface area contributed by atoms with Crippen LogP contribution in [-0.4, -0.2) is 69.4 Å². The van der Waals surface area contributed by atoms with E-state index in [-0.39, 0.29) is 23.9 Å². The van der Waals surface area contributed by atoms with Gasteiger partial charge in [-0.05, 0) is 36.2 Å². The average Bonchev–Trinajstić information content (AvgIpc) is 3.66. The van der Waals surface area contributed by atoms with Crippen molar-refractivity contribution in [3.05, 3.63) is 76.4 Å². The molecule has 4 heterocycles. The largest absolute Gasteiger partial charge is 0.416 e. The Kier molecular flexibility index (Phi) is 6.43. The molecule has 2 fully saturated rings. The molecule has 0 aliphatic carbocycles. The fourth-order valence-corrected chi connectivity index (χ4v) is 6.02. The van der Waals surface area contributed by atoms with Crippen molar-refractivity contribution in [1.29, 1.82) is 0 Å². The predicted molar refractivity (Wildman–Crippen MR) is 143 cm³/mol. The molecule has 0 unspecified atom stereocenters. The molecule has 0 saturated carbocycles. The highest BCUT2D eigenvalue weighted by Crippen LogP contribution is 2.35. The van der Waals surface area contributed by atoms with E-state index in [0.717, 1.165) is 29.5 Å². The molecule has 4 aromatic rings. The second-order valence-corrected chi connectivity index (χ2v) is 11.0. The number of carbonyl (C=O) groups is 2. The van der Waals surface area contributed by atoms with E-state index in [1.165, 1.54) is 17.4 Å². The van der Waals surface area contributed by atoms with Gasteiger partial charge >= 0.3 is 6.18 Å². The zero-order valence-electron chi connectivity index (χ0n) is 21.1. The van der Waals surface area contributed by atoms with Crippen LogP contribution in [0, 0.1) is 0 Å². The Morgan fingerprint density at radius 3 is 2.56 bits per heavy atom. The van der Waals surface area contributed by atoms with Gasteiger partial charge in [-0.2, -0.15) is 13.2 Å². The van der Waals surface area contributed by atoms with Crippen molar-refractivity contribution in [3.63, 3.8) is 0 Å². The minimum atomic E-state index is -4.42. The van der Waals surface area contributed by atoms with E-state index in [4.69, 9.17) is 0 Å². The van der Waals surface area contributed by atoms with E-state index in [9.17, 15) is 22.8 Å². The highest BCUT2D eigenvalue weighted by atomic mass is 32.1. The second kappa shape index (κ2) is 9.80. The fraction of sp³-hybridized carbons (Fsp3) is 0.321. The van der Waals surface area contributed by atoms with Crippen LogP contribution < -0.4 is 5.32 Å². The van der Waals surface area contributed by atoms with Crippen LogP contribution in [0.25, 0.3) is 22.0 Å². The van der Waals surface area contributed by atoms with Gasteiger partial charge in [0.1, 0.15) is 0 Å². The van der Waals surface area contributed by atoms with E-state index in [2.05, 4.69) is 10.3 Å². The number of fused-ring (bicyclic) bond motifs is 1. The zero-order chi connectivity index (χ0) is 27.3. The van der Waals surface area contributed by atoms with Gasteiger partial charge in [-0.3, -0.25) is 9.59 Å². The summed E-state index contributed by atoms with van der Waals surface area (Å²) in [6, 6.07) is 11.0. The minimum absolute atomic E-state index is 0.0352. The molecular weight excluding hydrogens is 527 g/mol. The standard InChI is InChI=1S/C28H26F3N5O2S/c1-34-16-23(17-3-2-4-19(11-17)28(29,30)31)22-6-5-18(12-24(22)34)26(37)36-14-21(15-36)33-20-7-9-35(13-20)27(38)25-32-8-10-39-25/h2-6,8,10-12,16,20-21,33H,7,9,13-15H2,1H3/t20-/m0/s1. The smallest absolute Gasteiger partial charge is 0.350 e. The lowest BCUT2D eigenvalue weighted by atomic mass is 10.0. The van der Waals surface area contributed by atoms with Gasteiger partial charge in [0.25, 0.3) is 11.8 Å². The Labute approximate surface area is 226 Å². The summed E-state index contributed by atoms with van der Waals surface area (Å²) in [5.41, 5.74) is 1.79. The van der Waals surface area contributed by atoms with Crippen LogP contribution in [0.1, 0.15) is 32.1 Å². The lowest BCUT2D eigenvalue weighted by Crippen LogP contribution is -2.62. The van der Waals surface area contributed by atoms with Crippen molar-refractivity contribution in [3.8, 4) is 11.1 Å². The van der Waals surface area contributed by atoms with Crippen LogP contribution in [0.5, 0.6) is 0 Å². The molecule has 2 aliphatic rings. The van der Waals surface area contributed by atoms with Crippen LogP contribution in [0.2, 0.25) is 0 Å². The molecule has 202 valence electrons. The van der Waals surface area contributed by atoms with Crippen LogP contribution in [0.15, 0.2) is 60.2 Å². The molecule has 7 nitrogen and oxygen atoms in total. The van der Waals surface area contributed by atoms with Crippen molar-refractivity contribution >= 4 is 34.1 Å². The van der Waals surface area contributed by atoms with Crippen molar-refractivity contribution in [2.75, 3.05) is 26.2 Å². The van der Waals surface area contributed by atoms with Gasteiger partial charge in [0.15, 0.2) is 5.01 Å². The fourth-order valence-electron chi connectivity index (χ4n) is 5.42. The van der Waals surface area contributed by atoms with Crippen molar-refractivity contribution in [1.82, 2.24) is 24.7 Å². The molecular formula is C28H26F3N5O2S. The van der Waals surface area contributed by atoms with Gasteiger partial charge in [-0.25, -0.2) is 4.98 Å². The van der Waals surface area contributed by atoms with Crippen LogP contribution in [0.4, 0.5) is 13.2 Å². The van der Waals surface area contributed by atoms with E-state index in [0.29, 0.717) is 47.9 Å². The summed E-state index contributed by atoms with van der Waals surface area (Å²) in [6.07, 6.45) is -0.128. The number of nitrogens with one attached hydrogen (secondary N) is 1. The zero-order valence-corrected chi connectivity index (χ0v) is 21.9. The summed E-state index contributed by atoms with van der Waals surface area (Å²) in [6.45, 7) is 2.47. The molecule has 1 N–H and O–H groups in total. The van der Waals surface area contributed by atoms with Crippen LogP contribution in [0.3, 0.4) is 0 Å². The Bertz CT molecular complexity index is 1540. The molecule has 0 bridgehead atoms. The van der Waals surface area contributed by atoms with Gasteiger partial charge in [0.2, 0.25) is 0 Å². The Morgan fingerprint density at radius 2 is 1.82 bits per heavy atom. The van der Waals surface area contributed by atoms with Gasteiger partial charge in [0, 0.05) is 85.1 Å². The molecule has 11 heteroatoms. The van der Waals surface area contributed by atoms with E-state index >= 15 is 0 Å². The SMILES string of the molecule is Cn1cc(-c2cccc(C(F)(F)F)c2)c2ccc(C(=O)N3CC(N[C@H]4CCN(C(=O)c5nccs5)C4)C3)cc21. The number of rotatable bonds is 5. The molecule has 0 spiro atoms. The van der Waals surface area contributed by atoms with Crippen molar-refractivity contribution in [2.45, 2.75) is 24.7 Å². The minimum Gasteiger partial charge on any atom is -0.350 e. The molecule has 2 aromatic heterocycles. The van der Waals surface area contributed by atoms with Gasteiger partial charge in [0.05, 0.1) is 5.56 Å². The average molecular weight is 554 g/mol. The first-order valence-electron chi connectivity index (χ1n) is 12.7. The molecule has 2 aromatic carbocycles. The molecule has 2 saturated heterocycles. The third-order valence-electron chi connectivity index (χ3n) is 7.47. The van der Waals surface area contributed by atoms with Gasteiger partial charge in [-0.15, -0.1) is 11.3 Å². The molecule has 0 radical (unpaired) electrons. The molecule has 2 aliphatic heterocycles. The second-order valence-electron chi connectivity index (χ2n) is 10.1. The van der Waals surface area contributed by atoms with Gasteiger partial charge in [-0.1, -0.05) is 18.2 Å². The number of likely N-dealkylation sites (tertiary alicyclic amines) is 2. The first-order valence-corrected chi connectivity index (χ1v) is 13.6. The third kappa shape index (κ3) is 4.92. The Hall–Kier alpha value is -3.70. The summed E-state index contributed by atoms with van der Waals surface area (Å²) in [4.78, 5) is 33.4. The van der Waals surface area contributed by atoms with Crippen LogP contribution in [-0.2, 0) is 13.2 Å². The highest BCUT2D eigenvalue weighted by Gasteiger charge is 2.36. The molecule has 1 atom stereocenters. The summed E-state index contributed by atoms with van der Waals surface area (Å²) in [5, 5.41) is 6.66. The number of aryl methyl sites for hydroxylation is 1. The summed E-state index contributed by atoms with van der Waals surface area (Å²) >= 11 is 1.34. The topological polar surface area (TPSA) is 70.5 Å². The number of hydrogen-bond acceptors (Lipinski definition) is 5. The lowest BCUT2D eigenvalue weighted by molar-refractivity contribution is -0.137. The van der Waals surface area contributed by atoms with E-state index in [1.807, 2.05) is 16.5 Å². The molecule has 2 amide bonds. The van der Waals surface area contributed by atoms with Crippen molar-refractivity contribution in [2.24, 2.45) is 7.05 Å². The first kappa shape index (κ1) is 25.6. The van der Waals surface area contributed by atoms with E-state index < -0.39 is 11.7 Å². The number of alkyl halides is 3.